The molecule has 0 amide bonds. The SMILES string of the molecule is COC(=O)c1cnc(CC2CN(C)CCN2C)s1. The number of nitrogens with zero attached hydrogens (tertiary/aromatic N) is 3. The molecule has 0 bridgehead atoms. The van der Waals surface area contributed by atoms with Crippen LogP contribution in [0.25, 0.3) is 0 Å². The molecule has 1 aliphatic rings. The lowest BCUT2D eigenvalue weighted by atomic mass is 10.1. The van der Waals surface area contributed by atoms with Gasteiger partial charge in [-0.3, -0.25) is 0 Å². The van der Waals surface area contributed by atoms with Gasteiger partial charge in [0, 0.05) is 32.1 Å². The molecule has 1 fully saturated rings. The van der Waals surface area contributed by atoms with E-state index in [0.29, 0.717) is 10.9 Å². The molecule has 18 heavy (non-hydrogen) atoms. The maximum absolute atomic E-state index is 11.4. The van der Waals surface area contributed by atoms with E-state index in [4.69, 9.17) is 4.74 Å². The third kappa shape index (κ3) is 3.07. The second-order valence-corrected chi connectivity index (χ2v) is 5.83. The Morgan fingerprint density at radius 1 is 1.56 bits per heavy atom. The number of aromatic nitrogens is 1. The first kappa shape index (κ1) is 13.5. The predicted molar refractivity (Wildman–Crippen MR) is 71.1 cm³/mol. The van der Waals surface area contributed by atoms with E-state index >= 15 is 0 Å². The van der Waals surface area contributed by atoms with Crippen molar-refractivity contribution < 1.29 is 9.53 Å². The number of methoxy groups -OCH3 is 1. The first-order valence-electron chi connectivity index (χ1n) is 6.02. The van der Waals surface area contributed by atoms with Gasteiger partial charge in [0.1, 0.15) is 4.88 Å². The van der Waals surface area contributed by atoms with E-state index < -0.39 is 0 Å². The van der Waals surface area contributed by atoms with Crippen LogP contribution in [0.3, 0.4) is 0 Å². The van der Waals surface area contributed by atoms with Crippen LogP contribution >= 0.6 is 11.3 Å². The summed E-state index contributed by atoms with van der Waals surface area (Å²) >= 11 is 1.43. The van der Waals surface area contributed by atoms with Crippen LogP contribution in [0.2, 0.25) is 0 Å². The minimum Gasteiger partial charge on any atom is -0.465 e. The third-order valence-corrected chi connectivity index (χ3v) is 4.33. The van der Waals surface area contributed by atoms with Crippen LogP contribution < -0.4 is 0 Å². The number of esters is 1. The Labute approximate surface area is 111 Å². The Hall–Kier alpha value is -0.980. The van der Waals surface area contributed by atoms with Crippen molar-refractivity contribution in [1.29, 1.82) is 0 Å². The summed E-state index contributed by atoms with van der Waals surface area (Å²) in [5.41, 5.74) is 0. The zero-order chi connectivity index (χ0) is 13.1. The number of carbonyl (C=O) groups is 1. The summed E-state index contributed by atoms with van der Waals surface area (Å²) in [7, 11) is 5.68. The number of carbonyl (C=O) groups excluding carboxylic acids is 1. The maximum atomic E-state index is 11.4. The average Bonchev–Trinajstić information content (AvgIpc) is 2.81. The number of rotatable bonds is 3. The van der Waals surface area contributed by atoms with E-state index in [0.717, 1.165) is 31.1 Å². The Kier molecular flexibility index (Phi) is 4.31. The summed E-state index contributed by atoms with van der Waals surface area (Å²) in [6, 6.07) is 0.473. The van der Waals surface area contributed by atoms with Gasteiger partial charge in [0.15, 0.2) is 0 Å². The van der Waals surface area contributed by atoms with Gasteiger partial charge in [-0.15, -0.1) is 11.3 Å². The van der Waals surface area contributed by atoms with Crippen molar-refractivity contribution in [2.75, 3.05) is 40.8 Å². The number of ether oxygens (including phenoxy) is 1. The molecule has 5 nitrogen and oxygen atoms in total. The van der Waals surface area contributed by atoms with Gasteiger partial charge in [0.25, 0.3) is 0 Å². The van der Waals surface area contributed by atoms with E-state index in [2.05, 4.69) is 28.9 Å². The van der Waals surface area contributed by atoms with Gasteiger partial charge in [0.05, 0.1) is 18.3 Å². The monoisotopic (exact) mass is 269 g/mol. The molecule has 0 N–H and O–H groups in total. The van der Waals surface area contributed by atoms with Crippen molar-refractivity contribution in [2.45, 2.75) is 12.5 Å². The van der Waals surface area contributed by atoms with Crippen LogP contribution in [0, 0.1) is 0 Å². The van der Waals surface area contributed by atoms with E-state index in [1.165, 1.54) is 18.4 Å². The fourth-order valence-electron chi connectivity index (χ4n) is 2.12. The lowest BCUT2D eigenvalue weighted by Crippen LogP contribution is -2.50. The van der Waals surface area contributed by atoms with Gasteiger partial charge in [-0.05, 0) is 14.1 Å². The lowest BCUT2D eigenvalue weighted by Gasteiger charge is -2.37. The standard InChI is InChI=1S/C12H19N3O2S/c1-14-4-5-15(2)9(8-14)6-11-13-7-10(18-11)12(16)17-3/h7,9H,4-6,8H2,1-3H3. The molecule has 1 atom stereocenters. The number of thiazole rings is 1. The highest BCUT2D eigenvalue weighted by atomic mass is 32.1. The van der Waals surface area contributed by atoms with Gasteiger partial charge >= 0.3 is 5.97 Å². The zero-order valence-electron chi connectivity index (χ0n) is 11.0. The smallest absolute Gasteiger partial charge is 0.349 e. The highest BCUT2D eigenvalue weighted by molar-refractivity contribution is 7.13. The Bertz CT molecular complexity index is 421. The van der Waals surface area contributed by atoms with Gasteiger partial charge < -0.3 is 14.5 Å². The molecule has 1 unspecified atom stereocenters. The van der Waals surface area contributed by atoms with Gasteiger partial charge in [-0.2, -0.15) is 0 Å². The molecule has 0 aromatic carbocycles. The topological polar surface area (TPSA) is 45.7 Å². The summed E-state index contributed by atoms with van der Waals surface area (Å²) in [5.74, 6) is -0.298. The van der Waals surface area contributed by atoms with Gasteiger partial charge in [-0.25, -0.2) is 9.78 Å². The fourth-order valence-corrected chi connectivity index (χ4v) is 3.03. The first-order valence-corrected chi connectivity index (χ1v) is 6.83. The summed E-state index contributed by atoms with van der Waals surface area (Å²) in [5, 5.41) is 1.00. The van der Waals surface area contributed by atoms with Gasteiger partial charge in [0.2, 0.25) is 0 Å². The van der Waals surface area contributed by atoms with Crippen LogP contribution in [0.1, 0.15) is 14.7 Å². The largest absolute Gasteiger partial charge is 0.465 e. The first-order chi connectivity index (χ1) is 8.60. The summed E-state index contributed by atoms with van der Waals surface area (Å²) in [4.78, 5) is 21.0. The quantitative estimate of drug-likeness (QED) is 0.757. The van der Waals surface area contributed by atoms with Crippen LogP contribution in [0.5, 0.6) is 0 Å². The highest BCUT2D eigenvalue weighted by Crippen LogP contribution is 2.18. The molecule has 1 aliphatic heterocycles. The molecule has 2 rings (SSSR count). The molecule has 0 spiro atoms. The lowest BCUT2D eigenvalue weighted by molar-refractivity contribution is 0.0606. The maximum Gasteiger partial charge on any atom is 0.349 e. The summed E-state index contributed by atoms with van der Waals surface area (Å²) in [6.07, 6.45) is 2.50. The van der Waals surface area contributed by atoms with Crippen molar-refractivity contribution in [3.63, 3.8) is 0 Å². The van der Waals surface area contributed by atoms with Crippen molar-refractivity contribution in [3.05, 3.63) is 16.1 Å². The molecule has 0 saturated carbocycles. The Balaban J connectivity index is 2.00. The minimum absolute atomic E-state index is 0.298. The van der Waals surface area contributed by atoms with Crippen molar-refractivity contribution in [1.82, 2.24) is 14.8 Å². The van der Waals surface area contributed by atoms with Crippen LogP contribution in [-0.4, -0.2) is 67.6 Å². The number of hydrogen-bond donors (Lipinski definition) is 0. The van der Waals surface area contributed by atoms with E-state index in [1.54, 1.807) is 6.20 Å². The highest BCUT2D eigenvalue weighted by Gasteiger charge is 2.23. The molecule has 1 saturated heterocycles. The zero-order valence-corrected chi connectivity index (χ0v) is 11.9. The molecule has 6 heteroatoms. The number of piperazine rings is 1. The Morgan fingerprint density at radius 2 is 2.33 bits per heavy atom. The molecule has 1 aromatic heterocycles. The molecular weight excluding hydrogens is 250 g/mol. The molecule has 0 radical (unpaired) electrons. The molecule has 100 valence electrons. The minimum atomic E-state index is -0.298. The molecular formula is C12H19N3O2S. The molecule has 1 aromatic rings. The van der Waals surface area contributed by atoms with Crippen LogP contribution in [0.15, 0.2) is 6.20 Å². The molecule has 0 aliphatic carbocycles. The van der Waals surface area contributed by atoms with Crippen LogP contribution in [-0.2, 0) is 11.2 Å². The van der Waals surface area contributed by atoms with E-state index in [9.17, 15) is 4.79 Å². The van der Waals surface area contributed by atoms with E-state index in [-0.39, 0.29) is 5.97 Å². The second-order valence-electron chi connectivity index (χ2n) is 4.71. The Morgan fingerprint density at radius 3 is 3.06 bits per heavy atom. The average molecular weight is 269 g/mol. The van der Waals surface area contributed by atoms with E-state index in [1.807, 2.05) is 0 Å². The predicted octanol–water partition coefficient (Wildman–Crippen LogP) is 0.718. The normalized spacial score (nSPS) is 22.1. The number of hydrogen-bond acceptors (Lipinski definition) is 6. The van der Waals surface area contributed by atoms with Crippen molar-refractivity contribution >= 4 is 17.3 Å². The van der Waals surface area contributed by atoms with Crippen molar-refractivity contribution in [2.24, 2.45) is 0 Å². The van der Waals surface area contributed by atoms with Crippen molar-refractivity contribution in [3.8, 4) is 0 Å². The van der Waals surface area contributed by atoms with Crippen LogP contribution in [0.4, 0.5) is 0 Å². The second kappa shape index (κ2) is 5.77. The summed E-state index contributed by atoms with van der Waals surface area (Å²) < 4.78 is 4.69. The third-order valence-electron chi connectivity index (χ3n) is 3.33. The molecule has 2 heterocycles. The van der Waals surface area contributed by atoms with Gasteiger partial charge in [-0.1, -0.05) is 0 Å². The summed E-state index contributed by atoms with van der Waals surface area (Å²) in [6.45, 7) is 3.23. The fraction of sp³-hybridized carbons (Fsp3) is 0.667. The number of likely N-dealkylation sites (N-methyl/N-ethyl adjacent to an activating group) is 2.